The van der Waals surface area contributed by atoms with E-state index in [2.05, 4.69) is 4.98 Å². The summed E-state index contributed by atoms with van der Waals surface area (Å²) >= 11 is 0. The van der Waals surface area contributed by atoms with Crippen molar-refractivity contribution in [2.75, 3.05) is 18.0 Å². The molecule has 0 bridgehead atoms. The van der Waals surface area contributed by atoms with Crippen molar-refractivity contribution >= 4 is 22.6 Å². The van der Waals surface area contributed by atoms with Crippen LogP contribution < -0.4 is 4.90 Å². The molecule has 1 aliphatic heterocycles. The Hall–Kier alpha value is -2.17. The molecule has 1 fully saturated rings. The first-order valence-corrected chi connectivity index (χ1v) is 7.06. The van der Waals surface area contributed by atoms with E-state index in [1.165, 1.54) is 12.1 Å². The number of carboxylic acid groups (broad SMARTS) is 1. The number of aliphatic carboxylic acids is 1. The summed E-state index contributed by atoms with van der Waals surface area (Å²) in [6.45, 7) is 3.20. The summed E-state index contributed by atoms with van der Waals surface area (Å²) < 4.78 is 13.5. The van der Waals surface area contributed by atoms with Crippen molar-refractivity contribution in [3.8, 4) is 0 Å². The number of hydrogen-bond donors (Lipinski definition) is 1. The number of benzene rings is 1. The van der Waals surface area contributed by atoms with Gasteiger partial charge < -0.3 is 10.0 Å². The fourth-order valence-electron chi connectivity index (χ4n) is 3.08. The zero-order chi connectivity index (χ0) is 15.0. The molecule has 2 heterocycles. The Morgan fingerprint density at radius 1 is 1.38 bits per heavy atom. The van der Waals surface area contributed by atoms with Gasteiger partial charge in [-0.1, -0.05) is 13.0 Å². The SMILES string of the molecule is CC1CC(C(=O)O)CN(c2nccc3ccc(F)cc23)C1. The molecule has 3 rings (SSSR count). The molecule has 2 unspecified atom stereocenters. The molecule has 0 radical (unpaired) electrons. The van der Waals surface area contributed by atoms with Crippen molar-refractivity contribution in [1.82, 2.24) is 4.98 Å². The molecule has 1 saturated heterocycles. The van der Waals surface area contributed by atoms with Gasteiger partial charge in [0.05, 0.1) is 5.92 Å². The van der Waals surface area contributed by atoms with Gasteiger partial charge in [-0.15, -0.1) is 0 Å². The quantitative estimate of drug-likeness (QED) is 0.923. The zero-order valence-corrected chi connectivity index (χ0v) is 11.8. The molecule has 5 heteroatoms. The summed E-state index contributed by atoms with van der Waals surface area (Å²) in [5, 5.41) is 10.9. The van der Waals surface area contributed by atoms with Crippen LogP contribution in [0.25, 0.3) is 10.8 Å². The second-order valence-corrected chi connectivity index (χ2v) is 5.78. The van der Waals surface area contributed by atoms with E-state index >= 15 is 0 Å². The lowest BCUT2D eigenvalue weighted by Gasteiger charge is -2.36. The number of carboxylic acids is 1. The van der Waals surface area contributed by atoms with Gasteiger partial charge in [0.15, 0.2) is 0 Å². The van der Waals surface area contributed by atoms with E-state index < -0.39 is 11.9 Å². The van der Waals surface area contributed by atoms with Crippen LogP contribution in [-0.4, -0.2) is 29.1 Å². The monoisotopic (exact) mass is 288 g/mol. The van der Waals surface area contributed by atoms with Crippen LogP contribution in [0.15, 0.2) is 30.5 Å². The lowest BCUT2D eigenvalue weighted by molar-refractivity contribution is -0.142. The van der Waals surface area contributed by atoms with Crippen LogP contribution in [0.4, 0.5) is 10.2 Å². The minimum absolute atomic E-state index is 0.269. The molecule has 0 amide bonds. The van der Waals surface area contributed by atoms with Gasteiger partial charge in [0, 0.05) is 24.7 Å². The zero-order valence-electron chi connectivity index (χ0n) is 11.8. The normalized spacial score (nSPS) is 22.5. The highest BCUT2D eigenvalue weighted by atomic mass is 19.1. The number of halogens is 1. The van der Waals surface area contributed by atoms with Crippen molar-refractivity contribution < 1.29 is 14.3 Å². The first kappa shape index (κ1) is 13.8. The average molecular weight is 288 g/mol. The third-order valence-corrected chi connectivity index (χ3v) is 4.02. The van der Waals surface area contributed by atoms with Gasteiger partial charge in [-0.3, -0.25) is 4.79 Å². The molecule has 0 aliphatic carbocycles. The fraction of sp³-hybridized carbons (Fsp3) is 0.375. The molecule has 1 aromatic heterocycles. The first-order valence-electron chi connectivity index (χ1n) is 7.06. The number of aromatic nitrogens is 1. The van der Waals surface area contributed by atoms with Crippen LogP contribution >= 0.6 is 0 Å². The number of anilines is 1. The Kier molecular flexibility index (Phi) is 3.49. The van der Waals surface area contributed by atoms with Crippen LogP contribution in [0.2, 0.25) is 0 Å². The molecule has 110 valence electrons. The minimum Gasteiger partial charge on any atom is -0.481 e. The Morgan fingerprint density at radius 3 is 2.95 bits per heavy atom. The Balaban J connectivity index is 2.03. The molecule has 2 atom stereocenters. The second-order valence-electron chi connectivity index (χ2n) is 5.78. The number of pyridine rings is 1. The molecule has 1 aliphatic rings. The number of hydrogen-bond acceptors (Lipinski definition) is 3. The standard InChI is InChI=1S/C16H17FN2O2/c1-10-6-12(16(20)21)9-19(8-10)15-14-7-13(17)3-2-11(14)4-5-18-15/h2-5,7,10,12H,6,8-9H2,1H3,(H,20,21). The summed E-state index contributed by atoms with van der Waals surface area (Å²) in [7, 11) is 0. The maximum atomic E-state index is 13.5. The number of fused-ring (bicyclic) bond motifs is 1. The molecule has 1 aromatic carbocycles. The van der Waals surface area contributed by atoms with Crippen molar-refractivity contribution in [1.29, 1.82) is 0 Å². The van der Waals surface area contributed by atoms with Crippen LogP contribution in [-0.2, 0) is 4.79 Å². The third-order valence-electron chi connectivity index (χ3n) is 4.02. The summed E-state index contributed by atoms with van der Waals surface area (Å²) in [5.41, 5.74) is 0. The van der Waals surface area contributed by atoms with Crippen molar-refractivity contribution in [2.45, 2.75) is 13.3 Å². The van der Waals surface area contributed by atoms with E-state index in [9.17, 15) is 14.3 Å². The third kappa shape index (κ3) is 2.68. The van der Waals surface area contributed by atoms with Gasteiger partial charge in [-0.25, -0.2) is 9.37 Å². The summed E-state index contributed by atoms with van der Waals surface area (Å²) in [6.07, 6.45) is 2.36. The van der Waals surface area contributed by atoms with Crippen LogP contribution in [0, 0.1) is 17.7 Å². The van der Waals surface area contributed by atoms with E-state index in [4.69, 9.17) is 0 Å². The highest BCUT2D eigenvalue weighted by molar-refractivity contribution is 5.92. The van der Waals surface area contributed by atoms with Crippen LogP contribution in [0.1, 0.15) is 13.3 Å². The Bertz CT molecular complexity index is 689. The molecule has 4 nitrogen and oxygen atoms in total. The van der Waals surface area contributed by atoms with Gasteiger partial charge in [-0.2, -0.15) is 0 Å². The van der Waals surface area contributed by atoms with Crippen molar-refractivity contribution in [2.24, 2.45) is 11.8 Å². The topological polar surface area (TPSA) is 53.4 Å². The number of carbonyl (C=O) groups is 1. The summed E-state index contributed by atoms with van der Waals surface area (Å²) in [6, 6.07) is 6.44. The largest absolute Gasteiger partial charge is 0.481 e. The van der Waals surface area contributed by atoms with Crippen LogP contribution in [0.5, 0.6) is 0 Å². The molecular formula is C16H17FN2O2. The first-order chi connectivity index (χ1) is 10.0. The van der Waals surface area contributed by atoms with Crippen molar-refractivity contribution in [3.63, 3.8) is 0 Å². The highest BCUT2D eigenvalue weighted by Gasteiger charge is 2.30. The van der Waals surface area contributed by atoms with Gasteiger partial charge in [0.1, 0.15) is 11.6 Å². The smallest absolute Gasteiger partial charge is 0.308 e. The van der Waals surface area contributed by atoms with E-state index in [0.29, 0.717) is 18.8 Å². The number of rotatable bonds is 2. The average Bonchev–Trinajstić information content (AvgIpc) is 2.45. The Labute approximate surface area is 122 Å². The molecule has 2 aromatic rings. The van der Waals surface area contributed by atoms with Gasteiger partial charge >= 0.3 is 5.97 Å². The lowest BCUT2D eigenvalue weighted by atomic mass is 9.90. The fourth-order valence-corrected chi connectivity index (χ4v) is 3.08. The Morgan fingerprint density at radius 2 is 2.19 bits per heavy atom. The minimum atomic E-state index is -0.780. The van der Waals surface area contributed by atoms with E-state index in [-0.39, 0.29) is 11.7 Å². The number of piperidine rings is 1. The van der Waals surface area contributed by atoms with Crippen LogP contribution in [0.3, 0.4) is 0 Å². The molecule has 21 heavy (non-hydrogen) atoms. The maximum absolute atomic E-state index is 13.5. The summed E-state index contributed by atoms with van der Waals surface area (Å²) in [4.78, 5) is 17.6. The molecular weight excluding hydrogens is 271 g/mol. The lowest BCUT2D eigenvalue weighted by Crippen LogP contribution is -2.43. The van der Waals surface area contributed by atoms with Gasteiger partial charge in [0.2, 0.25) is 0 Å². The highest BCUT2D eigenvalue weighted by Crippen LogP contribution is 2.30. The van der Waals surface area contributed by atoms with E-state index in [1.54, 1.807) is 12.3 Å². The maximum Gasteiger partial charge on any atom is 0.308 e. The predicted molar refractivity (Wildman–Crippen MR) is 78.8 cm³/mol. The van der Waals surface area contributed by atoms with Crippen molar-refractivity contribution in [3.05, 3.63) is 36.3 Å². The number of nitrogens with zero attached hydrogens (tertiary/aromatic N) is 2. The molecule has 0 spiro atoms. The van der Waals surface area contributed by atoms with E-state index in [1.807, 2.05) is 17.9 Å². The van der Waals surface area contributed by atoms with Gasteiger partial charge in [-0.05, 0) is 35.9 Å². The molecule has 0 saturated carbocycles. The second kappa shape index (κ2) is 5.31. The van der Waals surface area contributed by atoms with Gasteiger partial charge in [0.25, 0.3) is 0 Å². The summed E-state index contributed by atoms with van der Waals surface area (Å²) in [5.74, 6) is -0.552. The molecule has 1 N–H and O–H groups in total. The predicted octanol–water partition coefficient (Wildman–Crippen LogP) is 2.92. The van der Waals surface area contributed by atoms with E-state index in [0.717, 1.165) is 17.3 Å².